The first kappa shape index (κ1) is 13.9. The molecule has 1 aromatic rings. The third-order valence-electron chi connectivity index (χ3n) is 3.79. The second-order valence-corrected chi connectivity index (χ2v) is 4.95. The first-order valence-corrected chi connectivity index (χ1v) is 6.88. The van der Waals surface area contributed by atoms with Crippen molar-refractivity contribution < 1.29 is 9.53 Å². The molecule has 1 saturated heterocycles. The van der Waals surface area contributed by atoms with Crippen LogP contribution in [0.4, 0.5) is 0 Å². The lowest BCUT2D eigenvalue weighted by atomic mass is 10.0. The molecule has 0 spiro atoms. The molecule has 2 rings (SSSR count). The van der Waals surface area contributed by atoms with E-state index in [1.165, 1.54) is 0 Å². The number of carbonyl (C=O) groups is 1. The molecule has 2 N–H and O–H groups in total. The summed E-state index contributed by atoms with van der Waals surface area (Å²) in [5.41, 5.74) is 6.97. The van der Waals surface area contributed by atoms with Gasteiger partial charge in [-0.25, -0.2) is 0 Å². The van der Waals surface area contributed by atoms with E-state index < -0.39 is 6.04 Å². The Hall–Kier alpha value is -1.55. The van der Waals surface area contributed by atoms with E-state index >= 15 is 0 Å². The van der Waals surface area contributed by atoms with Crippen LogP contribution >= 0.6 is 0 Å². The minimum absolute atomic E-state index is 0.0518. The molecule has 0 saturated carbocycles. The number of benzene rings is 1. The van der Waals surface area contributed by atoms with Crippen LogP contribution in [-0.2, 0) is 4.79 Å². The fraction of sp³-hybridized carbons (Fsp3) is 0.533. The summed E-state index contributed by atoms with van der Waals surface area (Å²) in [5, 5.41) is 0. The van der Waals surface area contributed by atoms with Crippen LogP contribution in [0, 0.1) is 0 Å². The van der Waals surface area contributed by atoms with E-state index in [0.717, 1.165) is 30.7 Å². The van der Waals surface area contributed by atoms with Gasteiger partial charge in [0.15, 0.2) is 0 Å². The zero-order valence-corrected chi connectivity index (χ0v) is 11.6. The zero-order valence-electron chi connectivity index (χ0n) is 11.6. The van der Waals surface area contributed by atoms with E-state index in [1.807, 2.05) is 36.1 Å². The highest BCUT2D eigenvalue weighted by atomic mass is 16.5. The van der Waals surface area contributed by atoms with Gasteiger partial charge in [0.1, 0.15) is 5.75 Å². The van der Waals surface area contributed by atoms with Crippen LogP contribution in [0.2, 0.25) is 0 Å². The standard InChI is InChI=1S/C15H22N2O2/c1-3-12(16)15(18)17-10-6-8-13(17)11-7-4-5-9-14(11)19-2/h4-5,7,9,12-13H,3,6,8,10,16H2,1-2H3/t12-,13+/m1/s1. The average Bonchev–Trinajstić information content (AvgIpc) is 2.94. The number of amides is 1. The van der Waals surface area contributed by atoms with Crippen LogP contribution in [0.5, 0.6) is 5.75 Å². The summed E-state index contributed by atoms with van der Waals surface area (Å²) in [4.78, 5) is 14.2. The summed E-state index contributed by atoms with van der Waals surface area (Å²) in [5.74, 6) is 0.896. The molecule has 1 aliphatic rings. The summed E-state index contributed by atoms with van der Waals surface area (Å²) >= 11 is 0. The lowest BCUT2D eigenvalue weighted by molar-refractivity contribution is -0.133. The Kier molecular flexibility index (Phi) is 4.43. The van der Waals surface area contributed by atoms with Crippen molar-refractivity contribution >= 4 is 5.91 Å². The third-order valence-corrected chi connectivity index (χ3v) is 3.79. The monoisotopic (exact) mass is 262 g/mol. The van der Waals surface area contributed by atoms with Crippen molar-refractivity contribution in [2.45, 2.75) is 38.3 Å². The van der Waals surface area contributed by atoms with Gasteiger partial charge in [-0.1, -0.05) is 25.1 Å². The van der Waals surface area contributed by atoms with Crippen molar-refractivity contribution in [3.05, 3.63) is 29.8 Å². The van der Waals surface area contributed by atoms with Gasteiger partial charge in [0.25, 0.3) is 0 Å². The Morgan fingerprint density at radius 2 is 2.26 bits per heavy atom. The number of nitrogens with two attached hydrogens (primary N) is 1. The van der Waals surface area contributed by atoms with Gasteiger partial charge in [0, 0.05) is 12.1 Å². The maximum atomic E-state index is 12.3. The van der Waals surface area contributed by atoms with E-state index in [4.69, 9.17) is 10.5 Å². The molecule has 4 nitrogen and oxygen atoms in total. The van der Waals surface area contributed by atoms with Gasteiger partial charge in [0.2, 0.25) is 5.91 Å². The number of carbonyl (C=O) groups excluding carboxylic acids is 1. The number of hydrogen-bond acceptors (Lipinski definition) is 3. The number of rotatable bonds is 4. The fourth-order valence-corrected chi connectivity index (χ4v) is 2.68. The lowest BCUT2D eigenvalue weighted by Crippen LogP contribution is -2.43. The normalized spacial score (nSPS) is 20.4. The van der Waals surface area contributed by atoms with Gasteiger partial charge >= 0.3 is 0 Å². The van der Waals surface area contributed by atoms with Gasteiger partial charge in [-0.05, 0) is 25.3 Å². The molecule has 1 fully saturated rings. The minimum Gasteiger partial charge on any atom is -0.496 e. The van der Waals surface area contributed by atoms with Crippen LogP contribution in [0.15, 0.2) is 24.3 Å². The number of nitrogens with zero attached hydrogens (tertiary/aromatic N) is 1. The summed E-state index contributed by atoms with van der Waals surface area (Å²) in [6.07, 6.45) is 2.67. The van der Waals surface area contributed by atoms with Gasteiger partial charge in [-0.2, -0.15) is 0 Å². The highest BCUT2D eigenvalue weighted by Gasteiger charge is 2.33. The molecular weight excluding hydrogens is 240 g/mol. The molecule has 0 unspecified atom stereocenters. The van der Waals surface area contributed by atoms with Crippen molar-refractivity contribution in [1.29, 1.82) is 0 Å². The van der Waals surface area contributed by atoms with Crippen molar-refractivity contribution in [1.82, 2.24) is 4.90 Å². The molecule has 1 aromatic carbocycles. The van der Waals surface area contributed by atoms with E-state index in [1.54, 1.807) is 7.11 Å². The predicted molar refractivity (Wildman–Crippen MR) is 74.9 cm³/mol. The van der Waals surface area contributed by atoms with Gasteiger partial charge in [-0.3, -0.25) is 4.79 Å². The second-order valence-electron chi connectivity index (χ2n) is 4.95. The number of likely N-dealkylation sites (tertiary alicyclic amines) is 1. The van der Waals surface area contributed by atoms with Crippen LogP contribution < -0.4 is 10.5 Å². The summed E-state index contributed by atoms with van der Waals surface area (Å²) in [6, 6.07) is 7.61. The topological polar surface area (TPSA) is 55.6 Å². The minimum atomic E-state index is -0.393. The number of ether oxygens (including phenoxy) is 1. The molecular formula is C15H22N2O2. The Bertz CT molecular complexity index is 448. The Morgan fingerprint density at radius 1 is 1.53 bits per heavy atom. The van der Waals surface area contributed by atoms with Crippen LogP contribution in [-0.4, -0.2) is 30.5 Å². The lowest BCUT2D eigenvalue weighted by Gasteiger charge is -2.28. The largest absolute Gasteiger partial charge is 0.496 e. The first-order valence-electron chi connectivity index (χ1n) is 6.88. The first-order chi connectivity index (χ1) is 9.19. The highest BCUT2D eigenvalue weighted by molar-refractivity contribution is 5.82. The zero-order chi connectivity index (χ0) is 13.8. The predicted octanol–water partition coefficient (Wildman–Crippen LogP) is 2.10. The Labute approximate surface area is 114 Å². The highest BCUT2D eigenvalue weighted by Crippen LogP contribution is 2.37. The van der Waals surface area contributed by atoms with E-state index in [9.17, 15) is 4.79 Å². The summed E-state index contributed by atoms with van der Waals surface area (Å²) in [6.45, 7) is 2.73. The second kappa shape index (κ2) is 6.06. The summed E-state index contributed by atoms with van der Waals surface area (Å²) < 4.78 is 5.40. The summed E-state index contributed by atoms with van der Waals surface area (Å²) in [7, 11) is 1.66. The SMILES string of the molecule is CC[C@@H](N)C(=O)N1CCC[C@H]1c1ccccc1OC. The quantitative estimate of drug-likeness (QED) is 0.904. The van der Waals surface area contributed by atoms with Crippen molar-refractivity contribution in [3.8, 4) is 5.75 Å². The van der Waals surface area contributed by atoms with Gasteiger partial charge in [0.05, 0.1) is 19.2 Å². The molecule has 0 aliphatic carbocycles. The smallest absolute Gasteiger partial charge is 0.239 e. The maximum absolute atomic E-state index is 12.3. The van der Waals surface area contributed by atoms with E-state index in [2.05, 4.69) is 0 Å². The molecule has 104 valence electrons. The molecule has 1 amide bonds. The Balaban J connectivity index is 2.25. The molecule has 4 heteroatoms. The number of methoxy groups -OCH3 is 1. The molecule has 0 aromatic heterocycles. The van der Waals surface area contributed by atoms with Gasteiger partial charge < -0.3 is 15.4 Å². The number of hydrogen-bond donors (Lipinski definition) is 1. The third kappa shape index (κ3) is 2.73. The average molecular weight is 262 g/mol. The van der Waals surface area contributed by atoms with E-state index in [0.29, 0.717) is 6.42 Å². The van der Waals surface area contributed by atoms with E-state index in [-0.39, 0.29) is 11.9 Å². The fourth-order valence-electron chi connectivity index (χ4n) is 2.68. The Morgan fingerprint density at radius 3 is 2.95 bits per heavy atom. The molecule has 2 atom stereocenters. The molecule has 0 bridgehead atoms. The molecule has 19 heavy (non-hydrogen) atoms. The van der Waals surface area contributed by atoms with Crippen molar-refractivity contribution in [2.75, 3.05) is 13.7 Å². The van der Waals surface area contributed by atoms with Crippen LogP contribution in [0.3, 0.4) is 0 Å². The van der Waals surface area contributed by atoms with Crippen LogP contribution in [0.25, 0.3) is 0 Å². The molecule has 1 heterocycles. The number of para-hydroxylation sites is 1. The molecule has 0 radical (unpaired) electrons. The maximum Gasteiger partial charge on any atom is 0.239 e. The van der Waals surface area contributed by atoms with Crippen molar-refractivity contribution in [3.63, 3.8) is 0 Å². The van der Waals surface area contributed by atoms with Crippen molar-refractivity contribution in [2.24, 2.45) is 5.73 Å². The molecule has 1 aliphatic heterocycles. The van der Waals surface area contributed by atoms with Gasteiger partial charge in [-0.15, -0.1) is 0 Å². The van der Waals surface area contributed by atoms with Crippen LogP contribution in [0.1, 0.15) is 37.8 Å².